The van der Waals surface area contributed by atoms with Gasteiger partial charge in [-0.05, 0) is 24.6 Å². The molecule has 15 heavy (non-hydrogen) atoms. The van der Waals surface area contributed by atoms with Gasteiger partial charge in [0, 0.05) is 6.07 Å². The van der Waals surface area contributed by atoms with Crippen LogP contribution in [0.4, 0.5) is 13.2 Å². The molecule has 2 nitrogen and oxygen atoms in total. The van der Waals surface area contributed by atoms with Crippen molar-refractivity contribution in [3.8, 4) is 11.5 Å². The van der Waals surface area contributed by atoms with Gasteiger partial charge in [0.2, 0.25) is 0 Å². The molecule has 0 aromatic heterocycles. The van der Waals surface area contributed by atoms with Gasteiger partial charge >= 0.3 is 6.36 Å². The fourth-order valence-electron chi connectivity index (χ4n) is 0.925. The Morgan fingerprint density at radius 2 is 1.93 bits per heavy atom. The number of ether oxygens (including phenoxy) is 2. The second kappa shape index (κ2) is 4.91. The molecule has 0 aliphatic carbocycles. The molecular formula is C10H10F3O2. The average molecular weight is 219 g/mol. The molecule has 0 heterocycles. The standard InChI is InChI=1S/C10H10F3O2/c1-2-6-14-8-4-3-5-9(7-8)15-10(11,12)13/h4-5,7H,2,6H2,1H3. The molecule has 1 rings (SSSR count). The Balaban J connectivity index is 2.66. The molecule has 0 amide bonds. The molecule has 0 unspecified atom stereocenters. The SMILES string of the molecule is CCCOc1c[c]cc(OC(F)(F)F)c1. The van der Waals surface area contributed by atoms with Crippen molar-refractivity contribution in [2.75, 3.05) is 6.61 Å². The van der Waals surface area contributed by atoms with Crippen molar-refractivity contribution < 1.29 is 22.6 Å². The fraction of sp³-hybridized carbons (Fsp3) is 0.400. The molecule has 83 valence electrons. The second-order valence-electron chi connectivity index (χ2n) is 2.80. The summed E-state index contributed by atoms with van der Waals surface area (Å²) in [5, 5.41) is 0. The summed E-state index contributed by atoms with van der Waals surface area (Å²) < 4.78 is 44.4. The minimum Gasteiger partial charge on any atom is -0.493 e. The van der Waals surface area contributed by atoms with Crippen LogP contribution >= 0.6 is 0 Å². The Morgan fingerprint density at radius 3 is 2.53 bits per heavy atom. The van der Waals surface area contributed by atoms with Crippen molar-refractivity contribution in [3.05, 3.63) is 24.3 Å². The van der Waals surface area contributed by atoms with Crippen LogP contribution in [-0.2, 0) is 0 Å². The molecule has 0 bridgehead atoms. The first-order valence-corrected chi connectivity index (χ1v) is 4.41. The summed E-state index contributed by atoms with van der Waals surface area (Å²) in [7, 11) is 0. The van der Waals surface area contributed by atoms with Gasteiger partial charge in [-0.3, -0.25) is 0 Å². The molecule has 0 saturated carbocycles. The predicted octanol–water partition coefficient (Wildman–Crippen LogP) is 3.17. The Hall–Kier alpha value is -1.39. The highest BCUT2D eigenvalue weighted by Crippen LogP contribution is 2.25. The van der Waals surface area contributed by atoms with Crippen LogP contribution in [0.2, 0.25) is 0 Å². The first-order chi connectivity index (χ1) is 7.01. The van der Waals surface area contributed by atoms with Gasteiger partial charge in [0.05, 0.1) is 6.61 Å². The maximum Gasteiger partial charge on any atom is 0.573 e. The highest BCUT2D eigenvalue weighted by atomic mass is 19.4. The summed E-state index contributed by atoms with van der Waals surface area (Å²) in [6, 6.07) is 6.25. The van der Waals surface area contributed by atoms with Crippen LogP contribution in [-0.4, -0.2) is 13.0 Å². The minimum absolute atomic E-state index is 0.318. The van der Waals surface area contributed by atoms with E-state index in [0.717, 1.165) is 12.5 Å². The zero-order chi connectivity index (χ0) is 11.3. The zero-order valence-electron chi connectivity index (χ0n) is 8.10. The summed E-state index contributed by atoms with van der Waals surface area (Å²) >= 11 is 0. The van der Waals surface area contributed by atoms with Crippen molar-refractivity contribution in [2.24, 2.45) is 0 Å². The lowest BCUT2D eigenvalue weighted by Crippen LogP contribution is -2.17. The van der Waals surface area contributed by atoms with E-state index in [0.29, 0.717) is 12.4 Å². The van der Waals surface area contributed by atoms with E-state index in [-0.39, 0.29) is 5.75 Å². The molecule has 0 saturated heterocycles. The predicted molar refractivity (Wildman–Crippen MR) is 47.7 cm³/mol. The average Bonchev–Trinajstić information content (AvgIpc) is 2.12. The summed E-state index contributed by atoms with van der Waals surface area (Å²) in [4.78, 5) is 0. The van der Waals surface area contributed by atoms with E-state index in [2.05, 4.69) is 10.8 Å². The molecule has 0 fully saturated rings. The lowest BCUT2D eigenvalue weighted by atomic mass is 10.3. The quantitative estimate of drug-likeness (QED) is 0.774. The Bertz CT molecular complexity index is 310. The van der Waals surface area contributed by atoms with Gasteiger partial charge in [-0.2, -0.15) is 0 Å². The number of hydrogen-bond acceptors (Lipinski definition) is 2. The van der Waals surface area contributed by atoms with Gasteiger partial charge in [0.1, 0.15) is 11.5 Å². The topological polar surface area (TPSA) is 18.5 Å². The van der Waals surface area contributed by atoms with Gasteiger partial charge in [-0.25, -0.2) is 0 Å². The second-order valence-corrected chi connectivity index (χ2v) is 2.80. The van der Waals surface area contributed by atoms with Gasteiger partial charge in [-0.1, -0.05) is 6.92 Å². The Kier molecular flexibility index (Phi) is 3.82. The summed E-state index contributed by atoms with van der Waals surface area (Å²) in [6.07, 6.45) is -3.90. The van der Waals surface area contributed by atoms with E-state index in [9.17, 15) is 13.2 Å². The smallest absolute Gasteiger partial charge is 0.493 e. The van der Waals surface area contributed by atoms with Gasteiger partial charge < -0.3 is 9.47 Å². The molecule has 1 radical (unpaired) electrons. The van der Waals surface area contributed by atoms with Crippen LogP contribution < -0.4 is 9.47 Å². The molecule has 0 spiro atoms. The zero-order valence-corrected chi connectivity index (χ0v) is 8.10. The Morgan fingerprint density at radius 1 is 1.27 bits per heavy atom. The number of hydrogen-bond donors (Lipinski definition) is 0. The third kappa shape index (κ3) is 4.58. The molecule has 0 aliphatic heterocycles. The van der Waals surface area contributed by atoms with E-state index in [1.165, 1.54) is 12.1 Å². The van der Waals surface area contributed by atoms with Crippen LogP contribution in [0.5, 0.6) is 11.5 Å². The van der Waals surface area contributed by atoms with Crippen LogP contribution in [0.1, 0.15) is 13.3 Å². The van der Waals surface area contributed by atoms with Crippen molar-refractivity contribution in [3.63, 3.8) is 0 Å². The van der Waals surface area contributed by atoms with E-state index in [4.69, 9.17) is 4.74 Å². The fourth-order valence-corrected chi connectivity index (χ4v) is 0.925. The Labute approximate surface area is 85.6 Å². The van der Waals surface area contributed by atoms with E-state index < -0.39 is 6.36 Å². The number of benzene rings is 1. The lowest BCUT2D eigenvalue weighted by molar-refractivity contribution is -0.274. The lowest BCUT2D eigenvalue weighted by Gasteiger charge is -2.10. The number of halogens is 3. The van der Waals surface area contributed by atoms with Gasteiger partial charge in [0.15, 0.2) is 0 Å². The molecule has 1 aromatic rings. The van der Waals surface area contributed by atoms with Crippen LogP contribution in [0.3, 0.4) is 0 Å². The van der Waals surface area contributed by atoms with Crippen molar-refractivity contribution in [2.45, 2.75) is 19.7 Å². The first-order valence-electron chi connectivity index (χ1n) is 4.41. The summed E-state index contributed by atoms with van der Waals surface area (Å²) in [5.41, 5.74) is 0. The molecule has 0 aliphatic rings. The summed E-state index contributed by atoms with van der Waals surface area (Å²) in [5.74, 6) is -0.00490. The minimum atomic E-state index is -4.68. The summed E-state index contributed by atoms with van der Waals surface area (Å²) in [6.45, 7) is 2.35. The van der Waals surface area contributed by atoms with E-state index >= 15 is 0 Å². The normalized spacial score (nSPS) is 11.2. The van der Waals surface area contributed by atoms with Gasteiger partial charge in [-0.15, -0.1) is 13.2 Å². The van der Waals surface area contributed by atoms with Crippen molar-refractivity contribution in [1.82, 2.24) is 0 Å². The molecule has 0 N–H and O–H groups in total. The molecule has 5 heteroatoms. The largest absolute Gasteiger partial charge is 0.573 e. The van der Waals surface area contributed by atoms with Crippen molar-refractivity contribution in [1.29, 1.82) is 0 Å². The number of rotatable bonds is 4. The first kappa shape index (κ1) is 11.7. The van der Waals surface area contributed by atoms with Crippen LogP contribution in [0.15, 0.2) is 18.2 Å². The van der Waals surface area contributed by atoms with Crippen molar-refractivity contribution >= 4 is 0 Å². The molecular weight excluding hydrogens is 209 g/mol. The van der Waals surface area contributed by atoms with Gasteiger partial charge in [0.25, 0.3) is 0 Å². The maximum absolute atomic E-state index is 11.8. The van der Waals surface area contributed by atoms with Crippen LogP contribution in [0.25, 0.3) is 0 Å². The van der Waals surface area contributed by atoms with Crippen LogP contribution in [0, 0.1) is 6.07 Å². The third-order valence-electron chi connectivity index (χ3n) is 1.44. The third-order valence-corrected chi connectivity index (χ3v) is 1.44. The monoisotopic (exact) mass is 219 g/mol. The maximum atomic E-state index is 11.8. The molecule has 1 aromatic carbocycles. The molecule has 0 atom stereocenters. The highest BCUT2D eigenvalue weighted by Gasteiger charge is 2.31. The van der Waals surface area contributed by atoms with E-state index in [1.54, 1.807) is 0 Å². The van der Waals surface area contributed by atoms with E-state index in [1.807, 2.05) is 6.92 Å². The number of alkyl halides is 3. The highest BCUT2D eigenvalue weighted by molar-refractivity contribution is 5.32.